The Labute approximate surface area is 216 Å². The number of hydrogen-bond donors (Lipinski definition) is 5. The summed E-state index contributed by atoms with van der Waals surface area (Å²) in [6, 6.07) is 24.2. The standard InChI is InChI=1S/C28H32N6O3/c29-25(35)24(17-19-9-3-1-4-10-19)34-27(37)23(15-8-16-32-28(30)31)33-26(36)22-14-7-13-21(18-22)20-11-5-2-6-12-20/h1-7,9-14,18,23-24H,8,15-17H2,(H2,29,35)(H,33,36)(H,34,37)(H4,30,31,32)/t23-,24-/m1/s1. The maximum Gasteiger partial charge on any atom is 0.251 e. The van der Waals surface area contributed by atoms with E-state index in [4.69, 9.17) is 17.2 Å². The first-order chi connectivity index (χ1) is 17.8. The molecule has 0 aliphatic heterocycles. The highest BCUT2D eigenvalue weighted by Crippen LogP contribution is 2.20. The molecule has 37 heavy (non-hydrogen) atoms. The molecule has 9 heteroatoms. The van der Waals surface area contributed by atoms with Gasteiger partial charge in [-0.1, -0.05) is 72.8 Å². The summed E-state index contributed by atoms with van der Waals surface area (Å²) in [6.45, 7) is 0.286. The number of primary amides is 1. The quantitative estimate of drug-likeness (QED) is 0.145. The molecule has 3 aromatic carbocycles. The number of rotatable bonds is 12. The predicted molar refractivity (Wildman–Crippen MR) is 144 cm³/mol. The van der Waals surface area contributed by atoms with Crippen molar-refractivity contribution in [3.05, 3.63) is 96.1 Å². The van der Waals surface area contributed by atoms with Gasteiger partial charge < -0.3 is 27.8 Å². The van der Waals surface area contributed by atoms with Crippen LogP contribution in [0, 0.1) is 0 Å². The molecule has 2 atom stereocenters. The van der Waals surface area contributed by atoms with E-state index in [-0.39, 0.29) is 25.3 Å². The summed E-state index contributed by atoms with van der Waals surface area (Å²) in [5.41, 5.74) is 19.4. The van der Waals surface area contributed by atoms with E-state index in [1.807, 2.05) is 66.7 Å². The highest BCUT2D eigenvalue weighted by molar-refractivity contribution is 5.99. The monoisotopic (exact) mass is 500 g/mol. The number of amides is 3. The van der Waals surface area contributed by atoms with Crippen molar-refractivity contribution in [3.8, 4) is 11.1 Å². The zero-order chi connectivity index (χ0) is 26.6. The van der Waals surface area contributed by atoms with E-state index in [0.717, 1.165) is 16.7 Å². The van der Waals surface area contributed by atoms with Crippen molar-refractivity contribution in [2.24, 2.45) is 22.2 Å². The van der Waals surface area contributed by atoms with Crippen LogP contribution in [0.3, 0.4) is 0 Å². The molecule has 9 nitrogen and oxygen atoms in total. The molecule has 0 radical (unpaired) electrons. The van der Waals surface area contributed by atoms with E-state index in [9.17, 15) is 14.4 Å². The zero-order valence-electron chi connectivity index (χ0n) is 20.5. The van der Waals surface area contributed by atoms with E-state index in [1.165, 1.54) is 0 Å². The number of carbonyl (C=O) groups is 3. The fraction of sp³-hybridized carbons (Fsp3) is 0.214. The summed E-state index contributed by atoms with van der Waals surface area (Å²) in [5.74, 6) is -1.66. The lowest BCUT2D eigenvalue weighted by Crippen LogP contribution is -2.53. The Morgan fingerprint density at radius 1 is 0.757 bits per heavy atom. The molecule has 3 aromatic rings. The molecular weight excluding hydrogens is 468 g/mol. The van der Waals surface area contributed by atoms with Crippen molar-refractivity contribution in [1.29, 1.82) is 0 Å². The third kappa shape index (κ3) is 8.50. The van der Waals surface area contributed by atoms with Crippen LogP contribution < -0.4 is 27.8 Å². The number of nitrogens with one attached hydrogen (secondary N) is 2. The lowest BCUT2D eigenvalue weighted by atomic mass is 10.0. The minimum absolute atomic E-state index is 0.0561. The van der Waals surface area contributed by atoms with Gasteiger partial charge in [-0.3, -0.25) is 19.4 Å². The number of benzene rings is 3. The summed E-state index contributed by atoms with van der Waals surface area (Å²) in [6.07, 6.45) is 0.916. The van der Waals surface area contributed by atoms with Gasteiger partial charge in [0.2, 0.25) is 11.8 Å². The van der Waals surface area contributed by atoms with E-state index in [2.05, 4.69) is 15.6 Å². The topological polar surface area (TPSA) is 166 Å². The van der Waals surface area contributed by atoms with Crippen molar-refractivity contribution >= 4 is 23.7 Å². The van der Waals surface area contributed by atoms with Crippen molar-refractivity contribution in [3.63, 3.8) is 0 Å². The first-order valence-electron chi connectivity index (χ1n) is 12.0. The summed E-state index contributed by atoms with van der Waals surface area (Å²) < 4.78 is 0. The average molecular weight is 501 g/mol. The third-order valence-corrected chi connectivity index (χ3v) is 5.74. The normalized spacial score (nSPS) is 12.1. The molecule has 0 fully saturated rings. The lowest BCUT2D eigenvalue weighted by Gasteiger charge is -2.22. The number of hydrogen-bond acceptors (Lipinski definition) is 4. The Kier molecular flexibility index (Phi) is 9.78. The van der Waals surface area contributed by atoms with E-state index in [1.54, 1.807) is 18.2 Å². The zero-order valence-corrected chi connectivity index (χ0v) is 20.5. The Balaban J connectivity index is 1.75. The van der Waals surface area contributed by atoms with Crippen LogP contribution in [0.15, 0.2) is 89.9 Å². The third-order valence-electron chi connectivity index (χ3n) is 5.74. The lowest BCUT2D eigenvalue weighted by molar-refractivity contribution is -0.128. The van der Waals surface area contributed by atoms with Crippen molar-refractivity contribution in [1.82, 2.24) is 10.6 Å². The second kappa shape index (κ2) is 13.4. The molecule has 0 aliphatic rings. The summed E-state index contributed by atoms with van der Waals surface area (Å²) >= 11 is 0. The van der Waals surface area contributed by atoms with Gasteiger partial charge in [-0.25, -0.2) is 0 Å². The molecule has 0 bridgehead atoms. The number of aliphatic imine (C=N–C) groups is 1. The van der Waals surface area contributed by atoms with Crippen molar-refractivity contribution < 1.29 is 14.4 Å². The summed E-state index contributed by atoms with van der Waals surface area (Å²) in [4.78, 5) is 42.4. The molecule has 0 saturated carbocycles. The summed E-state index contributed by atoms with van der Waals surface area (Å²) in [5, 5.41) is 5.49. The largest absolute Gasteiger partial charge is 0.370 e. The smallest absolute Gasteiger partial charge is 0.251 e. The minimum Gasteiger partial charge on any atom is -0.370 e. The Hall–Kier alpha value is -4.66. The van der Waals surface area contributed by atoms with Crippen LogP contribution in [-0.4, -0.2) is 42.3 Å². The number of carbonyl (C=O) groups excluding carboxylic acids is 3. The Morgan fingerprint density at radius 2 is 1.41 bits per heavy atom. The number of nitrogens with zero attached hydrogens (tertiary/aromatic N) is 1. The second-order valence-corrected chi connectivity index (χ2v) is 8.57. The first kappa shape index (κ1) is 26.9. The molecular formula is C28H32N6O3. The van der Waals surface area contributed by atoms with Crippen molar-refractivity contribution in [2.45, 2.75) is 31.3 Å². The first-order valence-corrected chi connectivity index (χ1v) is 12.0. The van der Waals surface area contributed by atoms with Gasteiger partial charge in [0.05, 0.1) is 0 Å². The van der Waals surface area contributed by atoms with E-state index >= 15 is 0 Å². The van der Waals surface area contributed by atoms with Gasteiger partial charge in [0.1, 0.15) is 12.1 Å². The van der Waals surface area contributed by atoms with Crippen LogP contribution in [-0.2, 0) is 16.0 Å². The van der Waals surface area contributed by atoms with Gasteiger partial charge in [0.25, 0.3) is 5.91 Å². The molecule has 0 aromatic heterocycles. The van der Waals surface area contributed by atoms with Crippen LogP contribution in [0.25, 0.3) is 11.1 Å². The van der Waals surface area contributed by atoms with Crippen LogP contribution in [0.5, 0.6) is 0 Å². The SMILES string of the molecule is NC(=O)[C@@H](Cc1ccccc1)NC(=O)[C@@H](CCCN=C(N)N)NC(=O)c1cccc(-c2ccccc2)c1. The van der Waals surface area contributed by atoms with Gasteiger partial charge in [-0.15, -0.1) is 0 Å². The highest BCUT2D eigenvalue weighted by Gasteiger charge is 2.26. The fourth-order valence-corrected chi connectivity index (χ4v) is 3.83. The van der Waals surface area contributed by atoms with Gasteiger partial charge in [0.15, 0.2) is 5.96 Å². The molecule has 3 rings (SSSR count). The van der Waals surface area contributed by atoms with Gasteiger partial charge in [-0.2, -0.15) is 0 Å². The van der Waals surface area contributed by atoms with Crippen LogP contribution in [0.1, 0.15) is 28.8 Å². The van der Waals surface area contributed by atoms with Crippen molar-refractivity contribution in [2.75, 3.05) is 6.54 Å². The van der Waals surface area contributed by atoms with E-state index in [0.29, 0.717) is 12.0 Å². The van der Waals surface area contributed by atoms with Gasteiger partial charge in [-0.05, 0) is 41.7 Å². The second-order valence-electron chi connectivity index (χ2n) is 8.57. The average Bonchev–Trinajstić information content (AvgIpc) is 2.90. The van der Waals surface area contributed by atoms with Gasteiger partial charge in [0, 0.05) is 18.5 Å². The maximum atomic E-state index is 13.2. The Morgan fingerprint density at radius 3 is 2.05 bits per heavy atom. The maximum absolute atomic E-state index is 13.2. The van der Waals surface area contributed by atoms with Crippen LogP contribution in [0.2, 0.25) is 0 Å². The van der Waals surface area contributed by atoms with E-state index < -0.39 is 29.8 Å². The molecule has 0 spiro atoms. The molecule has 8 N–H and O–H groups in total. The highest BCUT2D eigenvalue weighted by atomic mass is 16.2. The van der Waals surface area contributed by atoms with Crippen LogP contribution in [0.4, 0.5) is 0 Å². The van der Waals surface area contributed by atoms with Crippen LogP contribution >= 0.6 is 0 Å². The van der Waals surface area contributed by atoms with Gasteiger partial charge >= 0.3 is 0 Å². The Bertz CT molecular complexity index is 1230. The number of guanidine groups is 1. The molecule has 0 aliphatic carbocycles. The summed E-state index contributed by atoms with van der Waals surface area (Å²) in [7, 11) is 0. The molecule has 0 saturated heterocycles. The minimum atomic E-state index is -0.937. The number of nitrogens with two attached hydrogens (primary N) is 3. The molecule has 192 valence electrons. The predicted octanol–water partition coefficient (Wildman–Crippen LogP) is 1.72. The molecule has 3 amide bonds. The molecule has 0 unspecified atom stereocenters. The molecule has 0 heterocycles. The fourth-order valence-electron chi connectivity index (χ4n) is 3.83.